The van der Waals surface area contributed by atoms with Crippen LogP contribution in [0.2, 0.25) is 0 Å². The molecule has 0 unspecified atom stereocenters. The summed E-state index contributed by atoms with van der Waals surface area (Å²) in [6, 6.07) is 7.14. The maximum atomic E-state index is 11.0. The molecule has 0 N–H and O–H groups in total. The number of non-ortho nitro benzene ring substituents is 1. The number of benzene rings is 1. The van der Waals surface area contributed by atoms with Crippen LogP contribution >= 0.6 is 0 Å². The number of nitrogens with zero attached hydrogens (tertiary/aromatic N) is 3. The first-order chi connectivity index (χ1) is 9.75. The largest absolute Gasteiger partial charge is 0.346 e. The highest BCUT2D eigenvalue weighted by Crippen LogP contribution is 2.26. The number of likely N-dealkylation sites (tertiary alicyclic amines) is 1. The summed E-state index contributed by atoms with van der Waals surface area (Å²) in [4.78, 5) is 13.2. The summed E-state index contributed by atoms with van der Waals surface area (Å²) in [7, 11) is 0. The van der Waals surface area contributed by atoms with E-state index in [4.69, 9.17) is 0 Å². The minimum atomic E-state index is -0.308. The number of fused-ring (bicyclic) bond motifs is 1. The van der Waals surface area contributed by atoms with Crippen LogP contribution in [-0.2, 0) is 6.54 Å². The Morgan fingerprint density at radius 2 is 1.90 bits per heavy atom. The van der Waals surface area contributed by atoms with Gasteiger partial charge in [0.2, 0.25) is 0 Å². The van der Waals surface area contributed by atoms with Gasteiger partial charge in [-0.05, 0) is 38.1 Å². The van der Waals surface area contributed by atoms with E-state index in [9.17, 15) is 10.1 Å². The Morgan fingerprint density at radius 1 is 1.10 bits per heavy atom. The van der Waals surface area contributed by atoms with Crippen molar-refractivity contribution in [3.63, 3.8) is 0 Å². The number of nitro groups is 1. The predicted molar refractivity (Wildman–Crippen MR) is 78.9 cm³/mol. The average Bonchev–Trinajstić information content (AvgIpc) is 2.89. The Bertz CT molecular complexity index is 615. The van der Waals surface area contributed by atoms with Gasteiger partial charge in [0.05, 0.1) is 15.8 Å². The number of piperidine rings is 1. The van der Waals surface area contributed by atoms with Crippen molar-refractivity contribution in [2.45, 2.75) is 25.8 Å². The predicted octanol–water partition coefficient (Wildman–Crippen LogP) is 3.04. The van der Waals surface area contributed by atoms with Gasteiger partial charge >= 0.3 is 0 Å². The second-order valence-electron chi connectivity index (χ2n) is 5.38. The van der Waals surface area contributed by atoms with E-state index in [-0.39, 0.29) is 10.6 Å². The maximum absolute atomic E-state index is 11.0. The molecule has 1 aliphatic rings. The summed E-state index contributed by atoms with van der Waals surface area (Å²) >= 11 is 0. The molecule has 0 radical (unpaired) electrons. The second kappa shape index (κ2) is 5.63. The van der Waals surface area contributed by atoms with Crippen LogP contribution in [0.5, 0.6) is 0 Å². The third-order valence-corrected chi connectivity index (χ3v) is 4.09. The lowest BCUT2D eigenvalue weighted by molar-refractivity contribution is -0.383. The number of nitro benzene ring substituents is 1. The first-order valence-electron chi connectivity index (χ1n) is 7.20. The van der Waals surface area contributed by atoms with Gasteiger partial charge < -0.3 is 9.47 Å². The van der Waals surface area contributed by atoms with E-state index >= 15 is 0 Å². The normalized spacial score (nSPS) is 16.6. The van der Waals surface area contributed by atoms with E-state index in [1.807, 2.05) is 18.3 Å². The third kappa shape index (κ3) is 2.54. The minimum absolute atomic E-state index is 0.194. The molecular weight excluding hydrogens is 254 g/mol. The second-order valence-corrected chi connectivity index (χ2v) is 5.38. The molecule has 2 heterocycles. The van der Waals surface area contributed by atoms with E-state index < -0.39 is 0 Å². The smallest absolute Gasteiger partial charge is 0.278 e. The molecule has 1 aliphatic heterocycles. The molecular formula is C15H19N3O2. The highest BCUT2D eigenvalue weighted by atomic mass is 16.6. The molecule has 3 rings (SSSR count). The van der Waals surface area contributed by atoms with Gasteiger partial charge in [0, 0.05) is 25.4 Å². The van der Waals surface area contributed by atoms with Crippen LogP contribution in [0.3, 0.4) is 0 Å². The van der Waals surface area contributed by atoms with Crippen molar-refractivity contribution < 1.29 is 4.92 Å². The van der Waals surface area contributed by atoms with Crippen molar-refractivity contribution in [1.82, 2.24) is 9.47 Å². The van der Waals surface area contributed by atoms with E-state index in [0.717, 1.165) is 24.0 Å². The van der Waals surface area contributed by atoms with Crippen molar-refractivity contribution in [2.24, 2.45) is 0 Å². The molecule has 2 aromatic rings. The van der Waals surface area contributed by atoms with E-state index in [2.05, 4.69) is 9.47 Å². The lowest BCUT2D eigenvalue weighted by atomic mass is 10.1. The van der Waals surface area contributed by atoms with Gasteiger partial charge in [-0.2, -0.15) is 0 Å². The number of hydrogen-bond acceptors (Lipinski definition) is 3. The molecule has 1 saturated heterocycles. The molecule has 20 heavy (non-hydrogen) atoms. The molecule has 1 aromatic carbocycles. The Balaban J connectivity index is 1.78. The monoisotopic (exact) mass is 273 g/mol. The summed E-state index contributed by atoms with van der Waals surface area (Å²) in [6.07, 6.45) is 5.88. The highest BCUT2D eigenvalue weighted by Gasteiger charge is 2.14. The van der Waals surface area contributed by atoms with Crippen LogP contribution in [-0.4, -0.2) is 34.0 Å². The lowest BCUT2D eigenvalue weighted by Crippen LogP contribution is -2.32. The summed E-state index contributed by atoms with van der Waals surface area (Å²) in [6.45, 7) is 4.27. The van der Waals surface area contributed by atoms with Gasteiger partial charge in [-0.3, -0.25) is 10.1 Å². The van der Waals surface area contributed by atoms with Crippen molar-refractivity contribution in [2.75, 3.05) is 19.6 Å². The van der Waals surface area contributed by atoms with Gasteiger partial charge in [0.25, 0.3) is 5.69 Å². The Hall–Kier alpha value is -1.88. The van der Waals surface area contributed by atoms with E-state index in [1.165, 1.54) is 32.4 Å². The zero-order chi connectivity index (χ0) is 13.9. The summed E-state index contributed by atoms with van der Waals surface area (Å²) in [5, 5.41) is 11.7. The van der Waals surface area contributed by atoms with Crippen LogP contribution in [0.15, 0.2) is 30.5 Å². The molecule has 0 amide bonds. The molecule has 0 saturated carbocycles. The van der Waals surface area contributed by atoms with Crippen LogP contribution in [0, 0.1) is 10.1 Å². The topological polar surface area (TPSA) is 51.3 Å². The van der Waals surface area contributed by atoms with Gasteiger partial charge in [-0.1, -0.05) is 12.5 Å². The molecule has 0 aliphatic carbocycles. The molecule has 0 bridgehead atoms. The molecule has 0 spiro atoms. The van der Waals surface area contributed by atoms with Crippen LogP contribution in [0.25, 0.3) is 10.9 Å². The fourth-order valence-electron chi connectivity index (χ4n) is 2.99. The quantitative estimate of drug-likeness (QED) is 0.635. The lowest BCUT2D eigenvalue weighted by Gasteiger charge is -2.26. The highest BCUT2D eigenvalue weighted by molar-refractivity contribution is 5.89. The van der Waals surface area contributed by atoms with Crippen LogP contribution in [0.4, 0.5) is 5.69 Å². The fourth-order valence-corrected chi connectivity index (χ4v) is 2.99. The van der Waals surface area contributed by atoms with Crippen molar-refractivity contribution in [3.8, 4) is 0 Å². The Kier molecular flexibility index (Phi) is 3.69. The minimum Gasteiger partial charge on any atom is -0.346 e. The first-order valence-corrected chi connectivity index (χ1v) is 7.20. The van der Waals surface area contributed by atoms with Gasteiger partial charge in [0.15, 0.2) is 0 Å². The number of hydrogen-bond donors (Lipinski definition) is 0. The van der Waals surface area contributed by atoms with Crippen molar-refractivity contribution in [3.05, 3.63) is 40.6 Å². The molecule has 1 aromatic heterocycles. The molecule has 1 fully saturated rings. The zero-order valence-corrected chi connectivity index (χ0v) is 11.5. The number of aromatic nitrogens is 1. The van der Waals surface area contributed by atoms with Crippen molar-refractivity contribution >= 4 is 16.6 Å². The van der Waals surface area contributed by atoms with Gasteiger partial charge in [-0.25, -0.2) is 0 Å². The van der Waals surface area contributed by atoms with Gasteiger partial charge in [-0.15, -0.1) is 0 Å². The molecule has 5 heteroatoms. The number of rotatable bonds is 4. The fraction of sp³-hybridized carbons (Fsp3) is 0.467. The summed E-state index contributed by atoms with van der Waals surface area (Å²) in [5.41, 5.74) is 1.15. The SMILES string of the molecule is O=[N+]([O-])c1cccc2c1ccn2CCN1CCCCC1. The Labute approximate surface area is 117 Å². The third-order valence-electron chi connectivity index (χ3n) is 4.09. The standard InChI is InChI=1S/C15H19N3O2/c19-18(20)15-6-4-5-14-13(15)7-10-17(14)12-11-16-8-2-1-3-9-16/h4-7,10H,1-3,8-9,11-12H2. The molecule has 5 nitrogen and oxygen atoms in total. The van der Waals surface area contributed by atoms with Crippen molar-refractivity contribution in [1.29, 1.82) is 0 Å². The zero-order valence-electron chi connectivity index (χ0n) is 11.5. The summed E-state index contributed by atoms with van der Waals surface area (Å²) < 4.78 is 2.12. The Morgan fingerprint density at radius 3 is 2.65 bits per heavy atom. The summed E-state index contributed by atoms with van der Waals surface area (Å²) in [5.74, 6) is 0. The first kappa shape index (κ1) is 13.1. The van der Waals surface area contributed by atoms with E-state index in [0.29, 0.717) is 0 Å². The molecule has 0 atom stereocenters. The average molecular weight is 273 g/mol. The molecule has 106 valence electrons. The van der Waals surface area contributed by atoms with Gasteiger partial charge in [0.1, 0.15) is 0 Å². The maximum Gasteiger partial charge on any atom is 0.278 e. The van der Waals surface area contributed by atoms with Crippen LogP contribution < -0.4 is 0 Å². The van der Waals surface area contributed by atoms with E-state index in [1.54, 1.807) is 12.1 Å². The van der Waals surface area contributed by atoms with Crippen LogP contribution in [0.1, 0.15) is 19.3 Å².